The average molecular weight is 408 g/mol. The third kappa shape index (κ3) is 2.69. The number of rotatable bonds is 3. The normalized spacial score (nSPS) is 29.9. The van der Waals surface area contributed by atoms with Crippen molar-refractivity contribution in [2.45, 2.75) is 50.3 Å². The first kappa shape index (κ1) is 14.9. The molecular weight excluding hydrogens is 389 g/mol. The van der Waals surface area contributed by atoms with Crippen molar-refractivity contribution in [1.29, 1.82) is 0 Å². The molecule has 110 valence electrons. The van der Waals surface area contributed by atoms with Crippen molar-refractivity contribution in [3.8, 4) is 0 Å². The van der Waals surface area contributed by atoms with Crippen LogP contribution in [0.25, 0.3) is 0 Å². The van der Waals surface area contributed by atoms with Gasteiger partial charge in [-0.2, -0.15) is 0 Å². The van der Waals surface area contributed by atoms with Gasteiger partial charge in [0.05, 0.1) is 15.9 Å². The third-order valence-corrected chi connectivity index (χ3v) is 6.37. The predicted molar refractivity (Wildman–Crippen MR) is 87.0 cm³/mol. The molecule has 2 saturated heterocycles. The van der Waals surface area contributed by atoms with Crippen LogP contribution in [0.3, 0.4) is 0 Å². The van der Waals surface area contributed by atoms with Gasteiger partial charge in [0.2, 0.25) is 0 Å². The number of methoxy groups -OCH3 is 1. The molecule has 0 spiro atoms. The molecule has 0 amide bonds. The molecule has 2 aliphatic rings. The number of piperidine rings is 1. The van der Waals surface area contributed by atoms with E-state index in [0.717, 1.165) is 27.9 Å². The molecule has 20 heavy (non-hydrogen) atoms. The quantitative estimate of drug-likeness (QED) is 0.570. The summed E-state index contributed by atoms with van der Waals surface area (Å²) in [5, 5.41) is 0.564. The second-order valence-corrected chi connectivity index (χ2v) is 7.22. The molecule has 0 saturated carbocycles. The van der Waals surface area contributed by atoms with Gasteiger partial charge >= 0.3 is 0 Å². The van der Waals surface area contributed by atoms with E-state index < -0.39 is 0 Å². The molecule has 6 heteroatoms. The van der Waals surface area contributed by atoms with Gasteiger partial charge in [-0.15, -0.1) is 0 Å². The van der Waals surface area contributed by atoms with Crippen LogP contribution in [0.4, 0.5) is 0 Å². The number of hydrogen-bond acceptors (Lipinski definition) is 4. The van der Waals surface area contributed by atoms with E-state index in [1.54, 1.807) is 7.11 Å². The highest BCUT2D eigenvalue weighted by atomic mass is 127. The molecule has 0 radical (unpaired) electrons. The van der Waals surface area contributed by atoms with Crippen molar-refractivity contribution in [2.75, 3.05) is 14.2 Å². The van der Waals surface area contributed by atoms with Crippen molar-refractivity contribution in [3.63, 3.8) is 0 Å². The van der Waals surface area contributed by atoms with Gasteiger partial charge in [-0.3, -0.25) is 0 Å². The van der Waals surface area contributed by atoms with Crippen LogP contribution in [0, 0.1) is 3.57 Å². The monoisotopic (exact) mass is 407 g/mol. The molecule has 3 heterocycles. The van der Waals surface area contributed by atoms with Crippen LogP contribution in [0.2, 0.25) is 5.15 Å². The fourth-order valence-corrected chi connectivity index (χ4v) is 4.11. The molecule has 0 N–H and O–H groups in total. The number of nitrogens with zero attached hydrogens (tertiary/aromatic N) is 3. The third-order valence-electron chi connectivity index (χ3n) is 4.64. The van der Waals surface area contributed by atoms with E-state index in [0.29, 0.717) is 29.8 Å². The van der Waals surface area contributed by atoms with Crippen LogP contribution >= 0.6 is 34.2 Å². The Kier molecular flexibility index (Phi) is 4.50. The lowest BCUT2D eigenvalue weighted by molar-refractivity contribution is 0.157. The van der Waals surface area contributed by atoms with Crippen molar-refractivity contribution < 1.29 is 4.74 Å². The Morgan fingerprint density at radius 2 is 1.95 bits per heavy atom. The average Bonchev–Trinajstić information content (AvgIpc) is 2.66. The van der Waals surface area contributed by atoms with Gasteiger partial charge in [0, 0.05) is 25.1 Å². The number of aromatic nitrogens is 2. The van der Waals surface area contributed by atoms with Crippen LogP contribution in [-0.2, 0) is 11.3 Å². The van der Waals surface area contributed by atoms with Crippen LogP contribution < -0.4 is 0 Å². The lowest BCUT2D eigenvalue weighted by Crippen LogP contribution is -2.39. The molecule has 2 unspecified atom stereocenters. The number of halogens is 2. The minimum atomic E-state index is 0.439. The molecule has 0 aromatic carbocycles. The summed E-state index contributed by atoms with van der Waals surface area (Å²) in [6, 6.07) is 1.37. The van der Waals surface area contributed by atoms with Crippen molar-refractivity contribution in [1.82, 2.24) is 14.9 Å². The molecule has 3 rings (SSSR count). The van der Waals surface area contributed by atoms with Crippen molar-refractivity contribution >= 4 is 34.2 Å². The molecule has 0 aliphatic carbocycles. The molecule has 2 atom stereocenters. The Morgan fingerprint density at radius 1 is 1.30 bits per heavy atom. The van der Waals surface area contributed by atoms with E-state index in [1.165, 1.54) is 12.8 Å². The van der Waals surface area contributed by atoms with Gasteiger partial charge in [0.25, 0.3) is 0 Å². The molecule has 1 aromatic heterocycles. The van der Waals surface area contributed by atoms with Gasteiger partial charge < -0.3 is 9.64 Å². The largest absolute Gasteiger partial charge is 0.378 e. The number of fused-ring (bicyclic) bond motifs is 2. The van der Waals surface area contributed by atoms with E-state index >= 15 is 0 Å². The fourth-order valence-electron chi connectivity index (χ4n) is 3.52. The minimum Gasteiger partial charge on any atom is -0.378 e. The smallest absolute Gasteiger partial charge is 0.146 e. The highest BCUT2D eigenvalue weighted by Crippen LogP contribution is 2.41. The van der Waals surface area contributed by atoms with Crippen LogP contribution in [-0.4, -0.2) is 41.1 Å². The first-order valence-corrected chi connectivity index (χ1v) is 8.48. The zero-order valence-electron chi connectivity index (χ0n) is 11.8. The van der Waals surface area contributed by atoms with E-state index in [9.17, 15) is 0 Å². The summed E-state index contributed by atoms with van der Waals surface area (Å²) >= 11 is 8.46. The highest BCUT2D eigenvalue weighted by molar-refractivity contribution is 14.1. The van der Waals surface area contributed by atoms with Crippen LogP contribution in [0.1, 0.15) is 43.1 Å². The first-order valence-electron chi connectivity index (χ1n) is 7.02. The maximum atomic E-state index is 6.27. The Hall–Kier alpha value is 0.0200. The van der Waals surface area contributed by atoms with E-state index in [-0.39, 0.29) is 0 Å². The second kappa shape index (κ2) is 6.02. The SMILES string of the molecule is COCc1nc(C2CC3CCC(C2)N3C)nc(Cl)c1I. The summed E-state index contributed by atoms with van der Waals surface area (Å²) in [5.41, 5.74) is 0.911. The standard InChI is InChI=1S/C14H19ClIN3O/c1-19-9-3-4-10(19)6-8(5-9)14-17-11(7-20-2)12(16)13(15)18-14/h8-10H,3-7H2,1-2H3. The van der Waals surface area contributed by atoms with E-state index in [2.05, 4.69) is 39.5 Å². The van der Waals surface area contributed by atoms with Gasteiger partial charge in [-0.25, -0.2) is 9.97 Å². The summed E-state index contributed by atoms with van der Waals surface area (Å²) in [4.78, 5) is 11.8. The minimum absolute atomic E-state index is 0.439. The van der Waals surface area contributed by atoms with Gasteiger partial charge in [0.1, 0.15) is 11.0 Å². The molecule has 1 aromatic rings. The van der Waals surface area contributed by atoms with E-state index in [1.807, 2.05) is 0 Å². The maximum Gasteiger partial charge on any atom is 0.146 e. The topological polar surface area (TPSA) is 38.2 Å². The second-order valence-electron chi connectivity index (χ2n) is 5.79. The Bertz CT molecular complexity index is 499. The zero-order valence-corrected chi connectivity index (χ0v) is 14.7. The van der Waals surface area contributed by atoms with Gasteiger partial charge in [-0.05, 0) is 55.3 Å². The van der Waals surface area contributed by atoms with Crippen LogP contribution in [0.5, 0.6) is 0 Å². The number of ether oxygens (including phenoxy) is 1. The van der Waals surface area contributed by atoms with Crippen molar-refractivity contribution in [3.05, 3.63) is 20.2 Å². The Labute approximate surface area is 138 Å². The predicted octanol–water partition coefficient (Wildman–Crippen LogP) is 3.22. The fraction of sp³-hybridized carbons (Fsp3) is 0.714. The lowest BCUT2D eigenvalue weighted by Gasteiger charge is -2.35. The molecule has 2 fully saturated rings. The van der Waals surface area contributed by atoms with Crippen molar-refractivity contribution in [2.24, 2.45) is 0 Å². The zero-order chi connectivity index (χ0) is 14.3. The molecule has 2 bridgehead atoms. The lowest BCUT2D eigenvalue weighted by atomic mass is 9.90. The maximum absolute atomic E-state index is 6.27. The first-order chi connectivity index (χ1) is 9.60. The number of hydrogen-bond donors (Lipinski definition) is 0. The summed E-state index contributed by atoms with van der Waals surface area (Å²) in [5.74, 6) is 1.35. The van der Waals surface area contributed by atoms with Crippen LogP contribution in [0.15, 0.2) is 0 Å². The summed E-state index contributed by atoms with van der Waals surface area (Å²) in [6.07, 6.45) is 4.91. The molecular formula is C14H19ClIN3O. The highest BCUT2D eigenvalue weighted by Gasteiger charge is 2.40. The summed E-state index contributed by atoms with van der Waals surface area (Å²) < 4.78 is 6.12. The Balaban J connectivity index is 1.87. The molecule has 4 nitrogen and oxygen atoms in total. The van der Waals surface area contributed by atoms with Gasteiger partial charge in [-0.1, -0.05) is 11.6 Å². The molecule has 2 aliphatic heterocycles. The summed E-state index contributed by atoms with van der Waals surface area (Å²) in [6.45, 7) is 0.493. The summed E-state index contributed by atoms with van der Waals surface area (Å²) in [7, 11) is 3.93. The Morgan fingerprint density at radius 3 is 2.55 bits per heavy atom. The van der Waals surface area contributed by atoms with E-state index in [4.69, 9.17) is 21.3 Å². The van der Waals surface area contributed by atoms with Gasteiger partial charge in [0.15, 0.2) is 0 Å².